The molecular weight excluding hydrogens is 290 g/mol. The third kappa shape index (κ3) is 4.77. The van der Waals surface area contributed by atoms with Gasteiger partial charge >= 0.3 is 0 Å². The summed E-state index contributed by atoms with van der Waals surface area (Å²) in [7, 11) is 0. The standard InChI is InChI=1S/C18H29N3O2/c1-4-5-10-21-14(2)11-20(12-15(21)3)13-16-6-8-17(9-7-16)18(22)19-23/h6-9,14-15,23H,4-5,10-13H2,1-3H3,(H,19,22)/t14-,15+. The predicted molar refractivity (Wildman–Crippen MR) is 91.5 cm³/mol. The van der Waals surface area contributed by atoms with Gasteiger partial charge in [-0.1, -0.05) is 25.5 Å². The van der Waals surface area contributed by atoms with Crippen LogP contribution in [0.4, 0.5) is 0 Å². The number of piperazine rings is 1. The molecule has 0 radical (unpaired) electrons. The molecule has 0 unspecified atom stereocenters. The van der Waals surface area contributed by atoms with E-state index < -0.39 is 5.91 Å². The fourth-order valence-corrected chi connectivity index (χ4v) is 3.46. The molecule has 0 saturated carbocycles. The van der Waals surface area contributed by atoms with Crippen LogP contribution in [-0.4, -0.2) is 52.6 Å². The lowest BCUT2D eigenvalue weighted by Crippen LogP contribution is -2.56. The van der Waals surface area contributed by atoms with Crippen molar-refractivity contribution in [3.8, 4) is 0 Å². The van der Waals surface area contributed by atoms with Crippen LogP contribution in [0.3, 0.4) is 0 Å². The van der Waals surface area contributed by atoms with Crippen molar-refractivity contribution in [1.29, 1.82) is 0 Å². The lowest BCUT2D eigenvalue weighted by atomic mass is 10.1. The van der Waals surface area contributed by atoms with E-state index in [1.165, 1.54) is 24.9 Å². The highest BCUT2D eigenvalue weighted by Crippen LogP contribution is 2.19. The second kappa shape index (κ2) is 8.43. The quantitative estimate of drug-likeness (QED) is 0.625. The third-order valence-electron chi connectivity index (χ3n) is 4.67. The number of carbonyl (C=O) groups is 1. The first-order valence-electron chi connectivity index (χ1n) is 8.56. The van der Waals surface area contributed by atoms with Gasteiger partial charge in [-0.2, -0.15) is 0 Å². The Bertz CT molecular complexity index is 491. The molecule has 2 rings (SSSR count). The van der Waals surface area contributed by atoms with E-state index in [1.54, 1.807) is 17.6 Å². The monoisotopic (exact) mass is 319 g/mol. The molecule has 0 bridgehead atoms. The number of unbranched alkanes of at least 4 members (excludes halogenated alkanes) is 1. The van der Waals surface area contributed by atoms with Gasteiger partial charge in [-0.05, 0) is 44.5 Å². The summed E-state index contributed by atoms with van der Waals surface area (Å²) in [6, 6.07) is 8.58. The van der Waals surface area contributed by atoms with Gasteiger partial charge in [0.05, 0.1) is 0 Å². The lowest BCUT2D eigenvalue weighted by molar-refractivity contribution is 0.0341. The van der Waals surface area contributed by atoms with Crippen LogP contribution >= 0.6 is 0 Å². The van der Waals surface area contributed by atoms with E-state index in [9.17, 15) is 4.79 Å². The van der Waals surface area contributed by atoms with E-state index >= 15 is 0 Å². The summed E-state index contributed by atoms with van der Waals surface area (Å²) in [6.07, 6.45) is 2.51. The predicted octanol–water partition coefficient (Wildman–Crippen LogP) is 2.50. The van der Waals surface area contributed by atoms with Crippen LogP contribution in [-0.2, 0) is 6.54 Å². The highest BCUT2D eigenvalue weighted by atomic mass is 16.5. The van der Waals surface area contributed by atoms with E-state index in [4.69, 9.17) is 5.21 Å². The molecule has 1 amide bonds. The molecule has 0 spiro atoms. The number of benzene rings is 1. The number of rotatable bonds is 6. The minimum absolute atomic E-state index is 0.469. The molecule has 23 heavy (non-hydrogen) atoms. The van der Waals surface area contributed by atoms with Crippen LogP contribution in [0.2, 0.25) is 0 Å². The van der Waals surface area contributed by atoms with Crippen LogP contribution in [0, 0.1) is 0 Å². The van der Waals surface area contributed by atoms with Gasteiger partial charge in [-0.25, -0.2) is 5.48 Å². The summed E-state index contributed by atoms with van der Waals surface area (Å²) in [5, 5.41) is 8.65. The van der Waals surface area contributed by atoms with Gasteiger partial charge in [0, 0.05) is 37.3 Å². The van der Waals surface area contributed by atoms with Crippen molar-refractivity contribution in [3.05, 3.63) is 35.4 Å². The van der Waals surface area contributed by atoms with Gasteiger partial charge in [0.15, 0.2) is 0 Å². The second-order valence-corrected chi connectivity index (χ2v) is 6.62. The maximum Gasteiger partial charge on any atom is 0.274 e. The van der Waals surface area contributed by atoms with E-state index in [-0.39, 0.29) is 0 Å². The average molecular weight is 319 g/mol. The maximum absolute atomic E-state index is 11.3. The van der Waals surface area contributed by atoms with E-state index in [2.05, 4.69) is 30.6 Å². The topological polar surface area (TPSA) is 55.8 Å². The van der Waals surface area contributed by atoms with Crippen LogP contribution in [0.5, 0.6) is 0 Å². The first-order chi connectivity index (χ1) is 11.0. The number of carbonyl (C=O) groups excluding carboxylic acids is 1. The van der Waals surface area contributed by atoms with Crippen LogP contribution in [0.1, 0.15) is 49.5 Å². The van der Waals surface area contributed by atoms with Gasteiger partial charge in [-0.15, -0.1) is 0 Å². The molecule has 1 fully saturated rings. The summed E-state index contributed by atoms with van der Waals surface area (Å²) >= 11 is 0. The highest BCUT2D eigenvalue weighted by molar-refractivity contribution is 5.93. The van der Waals surface area contributed by atoms with Crippen molar-refractivity contribution < 1.29 is 10.0 Å². The van der Waals surface area contributed by atoms with Crippen molar-refractivity contribution in [3.63, 3.8) is 0 Å². The van der Waals surface area contributed by atoms with Crippen LogP contribution in [0.25, 0.3) is 0 Å². The van der Waals surface area contributed by atoms with Gasteiger partial charge in [0.2, 0.25) is 0 Å². The van der Waals surface area contributed by atoms with Gasteiger partial charge in [-0.3, -0.25) is 19.8 Å². The van der Waals surface area contributed by atoms with E-state index in [0.717, 1.165) is 19.6 Å². The van der Waals surface area contributed by atoms with Crippen molar-refractivity contribution in [2.45, 2.75) is 52.2 Å². The molecular formula is C18H29N3O2. The molecule has 1 saturated heterocycles. The zero-order valence-electron chi connectivity index (χ0n) is 14.5. The first-order valence-corrected chi connectivity index (χ1v) is 8.56. The van der Waals surface area contributed by atoms with E-state index in [0.29, 0.717) is 17.6 Å². The van der Waals surface area contributed by atoms with Gasteiger partial charge in [0.25, 0.3) is 5.91 Å². The largest absolute Gasteiger partial charge is 0.296 e. The van der Waals surface area contributed by atoms with Crippen LogP contribution < -0.4 is 5.48 Å². The third-order valence-corrected chi connectivity index (χ3v) is 4.67. The minimum atomic E-state index is -0.469. The molecule has 2 N–H and O–H groups in total. The molecule has 0 aromatic heterocycles. The fourth-order valence-electron chi connectivity index (χ4n) is 3.46. The zero-order valence-corrected chi connectivity index (χ0v) is 14.5. The summed E-state index contributed by atoms with van der Waals surface area (Å²) < 4.78 is 0. The molecule has 5 nitrogen and oxygen atoms in total. The molecule has 5 heteroatoms. The number of nitrogens with one attached hydrogen (secondary N) is 1. The van der Waals surface area contributed by atoms with Gasteiger partial charge < -0.3 is 0 Å². The van der Waals surface area contributed by atoms with Crippen molar-refractivity contribution in [1.82, 2.24) is 15.3 Å². The number of amides is 1. The Morgan fingerprint density at radius 2 is 1.83 bits per heavy atom. The minimum Gasteiger partial charge on any atom is -0.296 e. The Hall–Kier alpha value is -1.43. The van der Waals surface area contributed by atoms with E-state index in [1.807, 2.05) is 12.1 Å². The molecule has 2 atom stereocenters. The number of hydrogen-bond acceptors (Lipinski definition) is 4. The molecule has 1 aliphatic heterocycles. The Morgan fingerprint density at radius 1 is 1.22 bits per heavy atom. The van der Waals surface area contributed by atoms with Crippen molar-refractivity contribution >= 4 is 5.91 Å². The van der Waals surface area contributed by atoms with Crippen molar-refractivity contribution in [2.75, 3.05) is 19.6 Å². The second-order valence-electron chi connectivity index (χ2n) is 6.62. The highest BCUT2D eigenvalue weighted by Gasteiger charge is 2.28. The van der Waals surface area contributed by atoms with Crippen molar-refractivity contribution in [2.24, 2.45) is 0 Å². The fraction of sp³-hybridized carbons (Fsp3) is 0.611. The van der Waals surface area contributed by atoms with Crippen LogP contribution in [0.15, 0.2) is 24.3 Å². The summed E-state index contributed by atoms with van der Waals surface area (Å²) in [4.78, 5) is 16.5. The SMILES string of the molecule is CCCCN1[C@H](C)CN(Cc2ccc(C(=O)NO)cc2)C[C@@H]1C. The molecule has 1 aromatic rings. The smallest absolute Gasteiger partial charge is 0.274 e. The molecule has 0 aliphatic carbocycles. The molecule has 1 aliphatic rings. The molecule has 128 valence electrons. The Morgan fingerprint density at radius 3 is 2.35 bits per heavy atom. The summed E-state index contributed by atoms with van der Waals surface area (Å²) in [5.74, 6) is -0.469. The Labute approximate surface area is 139 Å². The summed E-state index contributed by atoms with van der Waals surface area (Å²) in [5.41, 5.74) is 3.33. The summed E-state index contributed by atoms with van der Waals surface area (Å²) in [6.45, 7) is 11.1. The Kier molecular flexibility index (Phi) is 6.57. The number of hydrogen-bond donors (Lipinski definition) is 2. The zero-order chi connectivity index (χ0) is 16.8. The maximum atomic E-state index is 11.3. The number of nitrogens with zero attached hydrogens (tertiary/aromatic N) is 2. The average Bonchev–Trinajstić information content (AvgIpc) is 2.54. The number of hydroxylamine groups is 1. The normalized spacial score (nSPS) is 23.0. The molecule has 1 heterocycles. The van der Waals surface area contributed by atoms with Gasteiger partial charge in [0.1, 0.15) is 0 Å². The lowest BCUT2D eigenvalue weighted by Gasteiger charge is -2.44. The Balaban J connectivity index is 1.92. The first kappa shape index (κ1) is 17.9. The molecule has 1 aromatic carbocycles.